The minimum absolute atomic E-state index is 0.525. The molecule has 1 N–H and O–H groups in total. The van der Waals surface area contributed by atoms with E-state index in [1.807, 2.05) is 0 Å². The smallest absolute Gasteiger partial charge is 0.267 e. The van der Waals surface area contributed by atoms with E-state index in [0.717, 1.165) is 18.4 Å². The Balaban J connectivity index is 2.60. The highest BCUT2D eigenvalue weighted by Crippen LogP contribution is 2.25. The average molecular weight is 176 g/mol. The molecular weight excluding hydrogens is 164 g/mol. The highest BCUT2D eigenvalue weighted by Gasteiger charge is 2.25. The monoisotopic (exact) mass is 176 g/mol. The molecule has 0 spiro atoms. The van der Waals surface area contributed by atoms with E-state index < -0.39 is 15.4 Å². The average Bonchev–Trinajstić information content (AvgIpc) is 1.86. The molecule has 1 aliphatic carbocycles. The Labute approximate surface area is 66.9 Å². The normalized spacial score (nSPS) is 22.1. The van der Waals surface area contributed by atoms with Crippen LogP contribution in [-0.4, -0.2) is 18.2 Å². The van der Waals surface area contributed by atoms with Crippen LogP contribution in [0.25, 0.3) is 0 Å². The molecule has 0 aromatic carbocycles. The predicted molar refractivity (Wildman–Crippen MR) is 42.9 cm³/mol. The van der Waals surface area contributed by atoms with Crippen molar-refractivity contribution < 1.29 is 13.0 Å². The van der Waals surface area contributed by atoms with Crippen molar-refractivity contribution in [3.05, 3.63) is 12.2 Å². The molecule has 0 amide bonds. The van der Waals surface area contributed by atoms with Gasteiger partial charge in [-0.25, -0.2) is 0 Å². The molecule has 11 heavy (non-hydrogen) atoms. The first-order valence-electron chi connectivity index (χ1n) is 3.63. The lowest BCUT2D eigenvalue weighted by atomic mass is 9.96. The molecule has 0 atom stereocenters. The highest BCUT2D eigenvalue weighted by atomic mass is 32.2. The third kappa shape index (κ3) is 2.31. The molecule has 0 aliphatic heterocycles. The van der Waals surface area contributed by atoms with E-state index in [2.05, 4.69) is 6.58 Å². The van der Waals surface area contributed by atoms with Crippen LogP contribution in [0.15, 0.2) is 12.2 Å². The second-order valence-electron chi connectivity index (χ2n) is 2.96. The van der Waals surface area contributed by atoms with Gasteiger partial charge < -0.3 is 0 Å². The van der Waals surface area contributed by atoms with Crippen LogP contribution < -0.4 is 0 Å². The Bertz CT molecular complexity index is 243. The molecule has 0 radical (unpaired) electrons. The summed E-state index contributed by atoms with van der Waals surface area (Å²) < 4.78 is 29.9. The molecule has 1 aliphatic rings. The van der Waals surface area contributed by atoms with Gasteiger partial charge in [0.25, 0.3) is 10.1 Å². The summed E-state index contributed by atoms with van der Waals surface area (Å²) >= 11 is 0. The maximum atomic E-state index is 10.6. The number of allylic oxidation sites excluding steroid dienone is 1. The van der Waals surface area contributed by atoms with Gasteiger partial charge in [-0.15, -0.1) is 0 Å². The second kappa shape index (κ2) is 2.95. The first-order chi connectivity index (χ1) is 5.00. The maximum absolute atomic E-state index is 10.6. The Hall–Kier alpha value is -0.350. The fourth-order valence-corrected chi connectivity index (χ4v) is 2.13. The summed E-state index contributed by atoms with van der Waals surface area (Å²) in [5, 5.41) is -0.548. The zero-order chi connectivity index (χ0) is 8.48. The summed E-state index contributed by atoms with van der Waals surface area (Å²) in [5.41, 5.74) is 1.09. The molecule has 0 aromatic heterocycles. The van der Waals surface area contributed by atoms with Crippen LogP contribution in [0.3, 0.4) is 0 Å². The van der Waals surface area contributed by atoms with Gasteiger partial charge in [0.15, 0.2) is 0 Å². The summed E-state index contributed by atoms with van der Waals surface area (Å²) in [7, 11) is -3.79. The largest absolute Gasteiger partial charge is 0.285 e. The van der Waals surface area contributed by atoms with Gasteiger partial charge in [-0.2, -0.15) is 8.42 Å². The second-order valence-corrected chi connectivity index (χ2v) is 4.66. The van der Waals surface area contributed by atoms with Crippen LogP contribution >= 0.6 is 0 Å². The standard InChI is InChI=1S/C7H12O3S/c1-6-2-4-7(5-3-6)11(8,9)10/h7H,1-5H2,(H,8,9,10). The number of rotatable bonds is 1. The maximum Gasteiger partial charge on any atom is 0.267 e. The Morgan fingerprint density at radius 1 is 1.36 bits per heavy atom. The van der Waals surface area contributed by atoms with Gasteiger partial charge in [0.1, 0.15) is 0 Å². The molecular formula is C7H12O3S. The topological polar surface area (TPSA) is 54.4 Å². The van der Waals surface area contributed by atoms with Crippen LogP contribution in [0.5, 0.6) is 0 Å². The van der Waals surface area contributed by atoms with Crippen molar-refractivity contribution >= 4 is 10.1 Å². The first kappa shape index (κ1) is 8.74. The van der Waals surface area contributed by atoms with E-state index in [1.54, 1.807) is 0 Å². The highest BCUT2D eigenvalue weighted by molar-refractivity contribution is 7.86. The SMILES string of the molecule is C=C1CCC(S(=O)(=O)O)CC1. The zero-order valence-corrected chi connectivity index (χ0v) is 7.10. The molecule has 3 nitrogen and oxygen atoms in total. The molecule has 0 aromatic rings. The minimum Gasteiger partial charge on any atom is -0.285 e. The fraction of sp³-hybridized carbons (Fsp3) is 0.714. The van der Waals surface area contributed by atoms with Gasteiger partial charge in [0.05, 0.1) is 5.25 Å². The molecule has 0 heterocycles. The van der Waals surface area contributed by atoms with Crippen LogP contribution in [0.2, 0.25) is 0 Å². The molecule has 64 valence electrons. The quantitative estimate of drug-likeness (QED) is 0.485. The van der Waals surface area contributed by atoms with Crippen molar-refractivity contribution in [3.8, 4) is 0 Å². The van der Waals surface area contributed by atoms with Crippen LogP contribution in [-0.2, 0) is 10.1 Å². The van der Waals surface area contributed by atoms with E-state index in [0.29, 0.717) is 12.8 Å². The van der Waals surface area contributed by atoms with Gasteiger partial charge in [0.2, 0.25) is 0 Å². The molecule has 0 saturated heterocycles. The molecule has 0 bridgehead atoms. The minimum atomic E-state index is -3.79. The van der Waals surface area contributed by atoms with Crippen molar-refractivity contribution in [3.63, 3.8) is 0 Å². The van der Waals surface area contributed by atoms with E-state index >= 15 is 0 Å². The summed E-state index contributed by atoms with van der Waals surface area (Å²) in [6.45, 7) is 3.75. The van der Waals surface area contributed by atoms with E-state index in [9.17, 15) is 8.42 Å². The third-order valence-corrected chi connectivity index (χ3v) is 3.37. The van der Waals surface area contributed by atoms with Crippen molar-refractivity contribution in [2.75, 3.05) is 0 Å². The van der Waals surface area contributed by atoms with Crippen LogP contribution in [0.4, 0.5) is 0 Å². The third-order valence-electron chi connectivity index (χ3n) is 2.06. The first-order valence-corrected chi connectivity index (χ1v) is 5.13. The van der Waals surface area contributed by atoms with E-state index in [4.69, 9.17) is 4.55 Å². The molecule has 0 unspecified atom stereocenters. The Kier molecular flexibility index (Phi) is 2.34. The number of hydrogen-bond donors (Lipinski definition) is 1. The van der Waals surface area contributed by atoms with Crippen molar-refractivity contribution in [2.24, 2.45) is 0 Å². The summed E-state index contributed by atoms with van der Waals surface area (Å²) in [5.74, 6) is 0. The lowest BCUT2D eigenvalue weighted by Gasteiger charge is -2.20. The van der Waals surface area contributed by atoms with Crippen molar-refractivity contribution in [1.29, 1.82) is 0 Å². The van der Waals surface area contributed by atoms with Crippen LogP contribution in [0.1, 0.15) is 25.7 Å². The molecule has 1 rings (SSSR count). The molecule has 1 fully saturated rings. The molecule has 1 saturated carbocycles. The zero-order valence-electron chi connectivity index (χ0n) is 6.28. The summed E-state index contributed by atoms with van der Waals surface area (Å²) in [4.78, 5) is 0. The number of hydrogen-bond acceptors (Lipinski definition) is 2. The molecule has 4 heteroatoms. The van der Waals surface area contributed by atoms with Gasteiger partial charge in [-0.05, 0) is 25.7 Å². The van der Waals surface area contributed by atoms with Gasteiger partial charge in [-0.3, -0.25) is 4.55 Å². The van der Waals surface area contributed by atoms with Gasteiger partial charge in [0, 0.05) is 0 Å². The lowest BCUT2D eigenvalue weighted by Crippen LogP contribution is -2.23. The lowest BCUT2D eigenvalue weighted by molar-refractivity contribution is 0.446. The van der Waals surface area contributed by atoms with Gasteiger partial charge in [-0.1, -0.05) is 12.2 Å². The predicted octanol–water partition coefficient (Wildman–Crippen LogP) is 1.37. The summed E-state index contributed by atoms with van der Waals surface area (Å²) in [6.07, 6.45) is 2.50. The van der Waals surface area contributed by atoms with E-state index in [-0.39, 0.29) is 0 Å². The van der Waals surface area contributed by atoms with Crippen molar-refractivity contribution in [2.45, 2.75) is 30.9 Å². The van der Waals surface area contributed by atoms with E-state index in [1.165, 1.54) is 0 Å². The summed E-state index contributed by atoms with van der Waals surface area (Å²) in [6, 6.07) is 0. The van der Waals surface area contributed by atoms with Gasteiger partial charge >= 0.3 is 0 Å². The van der Waals surface area contributed by atoms with Crippen molar-refractivity contribution in [1.82, 2.24) is 0 Å². The Morgan fingerprint density at radius 2 is 1.82 bits per heavy atom. The van der Waals surface area contributed by atoms with Crippen LogP contribution in [0, 0.1) is 0 Å². The Morgan fingerprint density at radius 3 is 2.18 bits per heavy atom. The fourth-order valence-electron chi connectivity index (χ4n) is 1.30.